The lowest BCUT2D eigenvalue weighted by molar-refractivity contribution is -0.199. The van der Waals surface area contributed by atoms with Crippen LogP contribution in [0.2, 0.25) is 0 Å². The molecular weight excluding hydrogens is 709 g/mol. The fourth-order valence-corrected chi connectivity index (χ4v) is 9.37. The SMILES string of the molecule is CC[C@H](C)[C@H](NC(=O)OCC1c2ccccc2-c2ccccc21)C(=O)N(C)[C@H](C[C@@H](OC(C)=O)c1nc(C(=O)NC23CC(C(=O)OC)(C2)C3)cs1)C(C)C. The van der Waals surface area contributed by atoms with E-state index in [1.165, 1.54) is 25.4 Å². The second-order valence-electron chi connectivity index (χ2n) is 15.5. The van der Waals surface area contributed by atoms with Crippen LogP contribution in [0.3, 0.4) is 0 Å². The van der Waals surface area contributed by atoms with Gasteiger partial charge in [0.1, 0.15) is 23.4 Å². The van der Waals surface area contributed by atoms with Crippen molar-refractivity contribution in [3.05, 3.63) is 75.7 Å². The van der Waals surface area contributed by atoms with Crippen LogP contribution in [0.25, 0.3) is 11.1 Å². The number of hydrogen-bond acceptors (Lipinski definition) is 10. The Morgan fingerprint density at radius 1 is 0.981 bits per heavy atom. The Morgan fingerprint density at radius 3 is 2.15 bits per heavy atom. The highest BCUT2D eigenvalue weighted by Crippen LogP contribution is 2.67. The number of nitrogens with one attached hydrogen (secondary N) is 2. The number of amides is 3. The number of thiazole rings is 1. The molecule has 2 aromatic carbocycles. The molecule has 13 heteroatoms. The zero-order valence-electron chi connectivity index (χ0n) is 32.0. The van der Waals surface area contributed by atoms with Crippen LogP contribution in [0.1, 0.15) is 105 Å². The van der Waals surface area contributed by atoms with E-state index in [1.54, 1.807) is 17.3 Å². The first-order valence-electron chi connectivity index (χ1n) is 18.6. The van der Waals surface area contributed by atoms with E-state index in [2.05, 4.69) is 39.9 Å². The van der Waals surface area contributed by atoms with Gasteiger partial charge in [0.15, 0.2) is 6.10 Å². The van der Waals surface area contributed by atoms with Gasteiger partial charge in [0.05, 0.1) is 12.5 Å². The van der Waals surface area contributed by atoms with E-state index in [4.69, 9.17) is 14.2 Å². The van der Waals surface area contributed by atoms with Crippen molar-refractivity contribution in [2.24, 2.45) is 17.3 Å². The molecule has 2 N–H and O–H groups in total. The van der Waals surface area contributed by atoms with Crippen molar-refractivity contribution in [3.63, 3.8) is 0 Å². The summed E-state index contributed by atoms with van der Waals surface area (Å²) >= 11 is 1.20. The van der Waals surface area contributed by atoms with E-state index < -0.39 is 41.2 Å². The fraction of sp³-hybridized carbons (Fsp3) is 0.512. The predicted molar refractivity (Wildman–Crippen MR) is 203 cm³/mol. The van der Waals surface area contributed by atoms with Gasteiger partial charge in [-0.2, -0.15) is 0 Å². The molecular formula is C41H50N4O8S. The van der Waals surface area contributed by atoms with Crippen molar-refractivity contribution < 1.29 is 38.2 Å². The maximum atomic E-state index is 14.3. The minimum absolute atomic E-state index is 0.0711. The molecule has 1 aromatic heterocycles. The third-order valence-electron chi connectivity index (χ3n) is 11.5. The first-order valence-corrected chi connectivity index (χ1v) is 19.5. The summed E-state index contributed by atoms with van der Waals surface area (Å²) in [7, 11) is 3.06. The Balaban J connectivity index is 1.11. The summed E-state index contributed by atoms with van der Waals surface area (Å²) in [6, 6.07) is 14.9. The van der Waals surface area contributed by atoms with Crippen molar-refractivity contribution in [2.75, 3.05) is 20.8 Å². The summed E-state index contributed by atoms with van der Waals surface area (Å²) in [5.41, 5.74) is 3.71. The summed E-state index contributed by atoms with van der Waals surface area (Å²) < 4.78 is 16.5. The molecule has 2 bridgehead atoms. The Kier molecular flexibility index (Phi) is 11.2. The Labute approximate surface area is 320 Å². The summed E-state index contributed by atoms with van der Waals surface area (Å²) in [5, 5.41) is 7.96. The Bertz CT molecular complexity index is 1860. The second kappa shape index (κ2) is 15.5. The van der Waals surface area contributed by atoms with Gasteiger partial charge < -0.3 is 29.7 Å². The lowest BCUT2D eigenvalue weighted by atomic mass is 9.39. The molecule has 0 unspecified atom stereocenters. The molecule has 0 aliphatic heterocycles. The minimum Gasteiger partial charge on any atom is -0.469 e. The molecule has 3 amide bonds. The predicted octanol–water partition coefficient (Wildman–Crippen LogP) is 6.40. The smallest absolute Gasteiger partial charge is 0.407 e. The van der Waals surface area contributed by atoms with Crippen LogP contribution >= 0.6 is 11.3 Å². The maximum Gasteiger partial charge on any atom is 0.407 e. The minimum atomic E-state index is -0.866. The summed E-state index contributed by atoms with van der Waals surface area (Å²) in [6.07, 6.45) is 0.964. The van der Waals surface area contributed by atoms with E-state index in [-0.39, 0.29) is 54.3 Å². The molecule has 3 aromatic rings. The molecule has 3 fully saturated rings. The molecule has 4 atom stereocenters. The summed E-state index contributed by atoms with van der Waals surface area (Å²) in [4.78, 5) is 71.4. The molecule has 7 rings (SSSR count). The van der Waals surface area contributed by atoms with Crippen LogP contribution in [-0.2, 0) is 28.6 Å². The van der Waals surface area contributed by atoms with Gasteiger partial charge in [-0.05, 0) is 53.4 Å². The number of hydrogen-bond donors (Lipinski definition) is 2. The number of fused-ring (bicyclic) bond motifs is 3. The van der Waals surface area contributed by atoms with Crippen molar-refractivity contribution in [1.29, 1.82) is 0 Å². The van der Waals surface area contributed by atoms with Crippen LogP contribution < -0.4 is 10.6 Å². The van der Waals surface area contributed by atoms with E-state index in [0.29, 0.717) is 30.7 Å². The Hall–Kier alpha value is -4.78. The van der Waals surface area contributed by atoms with Gasteiger partial charge in [-0.25, -0.2) is 9.78 Å². The van der Waals surface area contributed by atoms with E-state index in [1.807, 2.05) is 52.0 Å². The molecule has 0 spiro atoms. The first kappa shape index (κ1) is 38.9. The summed E-state index contributed by atoms with van der Waals surface area (Å²) in [5.74, 6) is -1.81. The number of nitrogens with zero attached hydrogens (tertiary/aromatic N) is 2. The largest absolute Gasteiger partial charge is 0.469 e. The lowest BCUT2D eigenvalue weighted by Crippen LogP contribution is -2.77. The molecule has 288 valence electrons. The first-order chi connectivity index (χ1) is 25.7. The van der Waals surface area contributed by atoms with Crippen LogP contribution in [0.4, 0.5) is 4.79 Å². The monoisotopic (exact) mass is 758 g/mol. The number of carbonyl (C=O) groups excluding carboxylic acids is 5. The number of carbonyl (C=O) groups is 5. The zero-order chi connectivity index (χ0) is 38.9. The molecule has 4 aliphatic carbocycles. The third-order valence-corrected chi connectivity index (χ3v) is 12.5. The molecule has 3 saturated carbocycles. The van der Waals surface area contributed by atoms with Crippen LogP contribution in [0.15, 0.2) is 53.9 Å². The lowest BCUT2D eigenvalue weighted by Gasteiger charge is -2.68. The second-order valence-corrected chi connectivity index (χ2v) is 16.4. The average Bonchev–Trinajstić information content (AvgIpc) is 3.74. The summed E-state index contributed by atoms with van der Waals surface area (Å²) in [6.45, 7) is 9.26. The number of alkyl carbamates (subject to hydrolysis) is 1. The zero-order valence-corrected chi connectivity index (χ0v) is 32.8. The number of benzene rings is 2. The standard InChI is InChI=1S/C41H50N4O8S/c1-8-24(4)34(43-39(50)52-18-30-28-15-11-9-13-26(28)27-14-10-12-16-29(27)30)37(48)45(6)32(23(2)3)17-33(53-25(5)46)36-42-31(19-54-36)35(47)44-41-20-40(21-41,22-41)38(49)51-7/h9-16,19,23-24,30,32-34H,8,17-18,20-22H2,1-7H3,(H,43,50)(H,44,47)/t24-,32+,33+,34-,40?,41?/m0/s1. The van der Waals surface area contributed by atoms with Gasteiger partial charge in [0, 0.05) is 43.3 Å². The van der Waals surface area contributed by atoms with Crippen molar-refractivity contribution >= 4 is 41.2 Å². The van der Waals surface area contributed by atoms with Gasteiger partial charge in [0.25, 0.3) is 5.91 Å². The van der Waals surface area contributed by atoms with Crippen LogP contribution in [-0.4, -0.2) is 78.1 Å². The van der Waals surface area contributed by atoms with Gasteiger partial charge in [-0.1, -0.05) is 82.6 Å². The number of esters is 2. The van der Waals surface area contributed by atoms with E-state index >= 15 is 0 Å². The number of ether oxygens (including phenoxy) is 3. The van der Waals surface area contributed by atoms with Crippen molar-refractivity contribution in [1.82, 2.24) is 20.5 Å². The topological polar surface area (TPSA) is 153 Å². The molecule has 54 heavy (non-hydrogen) atoms. The Morgan fingerprint density at radius 2 is 1.59 bits per heavy atom. The van der Waals surface area contributed by atoms with Crippen molar-refractivity contribution in [3.8, 4) is 11.1 Å². The molecule has 12 nitrogen and oxygen atoms in total. The highest BCUT2D eigenvalue weighted by atomic mass is 32.1. The quantitative estimate of drug-likeness (QED) is 0.133. The highest BCUT2D eigenvalue weighted by Gasteiger charge is 2.73. The number of rotatable bonds is 15. The van der Waals surface area contributed by atoms with E-state index in [0.717, 1.165) is 22.3 Å². The van der Waals surface area contributed by atoms with Crippen molar-refractivity contribution in [2.45, 2.75) is 96.4 Å². The number of likely N-dealkylation sites (N-methyl/N-ethyl adjacent to an activating group) is 1. The molecule has 0 radical (unpaired) electrons. The maximum absolute atomic E-state index is 14.3. The highest BCUT2D eigenvalue weighted by molar-refractivity contribution is 7.09. The molecule has 4 aliphatic rings. The third kappa shape index (κ3) is 7.47. The van der Waals surface area contributed by atoms with Crippen LogP contribution in [0, 0.1) is 17.3 Å². The molecule has 1 heterocycles. The van der Waals surface area contributed by atoms with E-state index in [9.17, 15) is 24.0 Å². The van der Waals surface area contributed by atoms with Gasteiger partial charge in [-0.3, -0.25) is 19.2 Å². The number of aromatic nitrogens is 1. The van der Waals surface area contributed by atoms with Gasteiger partial charge in [0.2, 0.25) is 5.91 Å². The normalized spacial score (nSPS) is 21.6. The average molecular weight is 759 g/mol. The fourth-order valence-electron chi connectivity index (χ4n) is 8.53. The molecule has 0 saturated heterocycles. The number of methoxy groups -OCH3 is 1. The van der Waals surface area contributed by atoms with Crippen LogP contribution in [0.5, 0.6) is 0 Å². The van der Waals surface area contributed by atoms with Gasteiger partial charge >= 0.3 is 18.0 Å². The van der Waals surface area contributed by atoms with Gasteiger partial charge in [-0.15, -0.1) is 11.3 Å².